The van der Waals surface area contributed by atoms with Crippen molar-refractivity contribution in [1.29, 1.82) is 0 Å². The maximum Gasteiger partial charge on any atom is 0.335 e. The van der Waals surface area contributed by atoms with Gasteiger partial charge in [0.15, 0.2) is 23.1 Å². The molecule has 10 nitrogen and oxygen atoms in total. The monoisotopic (exact) mass is 614 g/mol. The van der Waals surface area contributed by atoms with Gasteiger partial charge in [0.1, 0.15) is 5.75 Å². The lowest BCUT2D eigenvalue weighted by Crippen LogP contribution is -2.37. The number of halogens is 1. The molecule has 1 saturated heterocycles. The van der Waals surface area contributed by atoms with Crippen LogP contribution in [0.4, 0.5) is 4.39 Å². The first-order valence-electron chi connectivity index (χ1n) is 14.9. The summed E-state index contributed by atoms with van der Waals surface area (Å²) in [6.45, 7) is 5.19. The lowest BCUT2D eigenvalue weighted by Gasteiger charge is -2.26. The maximum absolute atomic E-state index is 15.4. The predicted octanol–water partition coefficient (Wildman–Crippen LogP) is 5.18. The summed E-state index contributed by atoms with van der Waals surface area (Å²) in [5.41, 5.74) is 1.37. The Kier molecular flexibility index (Phi) is 9.27. The van der Waals surface area contributed by atoms with E-state index in [0.717, 1.165) is 55.5 Å². The zero-order valence-corrected chi connectivity index (χ0v) is 25.0. The normalized spacial score (nSPS) is 13.6. The number of nitrogens with zero attached hydrogens (tertiary/aromatic N) is 4. The smallest absolute Gasteiger partial charge is 0.335 e. The number of benzene rings is 3. The molecule has 0 unspecified atom stereocenters. The van der Waals surface area contributed by atoms with Crippen molar-refractivity contribution in [2.24, 2.45) is 0 Å². The van der Waals surface area contributed by atoms with E-state index in [9.17, 15) is 9.90 Å². The first-order valence-corrected chi connectivity index (χ1v) is 14.9. The van der Waals surface area contributed by atoms with Crippen molar-refractivity contribution in [3.05, 3.63) is 101 Å². The molecular formula is C34H35FN4O6. The molecule has 0 atom stereocenters. The highest BCUT2D eigenvalue weighted by molar-refractivity contribution is 5.88. The molecule has 0 amide bonds. The molecule has 0 saturated carbocycles. The van der Waals surface area contributed by atoms with E-state index in [1.807, 2.05) is 30.3 Å². The van der Waals surface area contributed by atoms with Crippen LogP contribution < -0.4 is 19.9 Å². The summed E-state index contributed by atoms with van der Waals surface area (Å²) in [5, 5.41) is 11.1. The number of hydrogen-bond donors (Lipinski definition) is 1. The summed E-state index contributed by atoms with van der Waals surface area (Å²) < 4.78 is 40.9. The van der Waals surface area contributed by atoms with Crippen LogP contribution in [0.25, 0.3) is 16.6 Å². The second-order valence-electron chi connectivity index (χ2n) is 10.7. The van der Waals surface area contributed by atoms with E-state index in [0.29, 0.717) is 47.7 Å². The van der Waals surface area contributed by atoms with Crippen LogP contribution in [0.15, 0.2) is 83.9 Å². The lowest BCUT2D eigenvalue weighted by molar-refractivity contribution is 0.0357. The van der Waals surface area contributed by atoms with Gasteiger partial charge >= 0.3 is 5.69 Å². The van der Waals surface area contributed by atoms with Crippen molar-refractivity contribution < 1.29 is 28.4 Å². The van der Waals surface area contributed by atoms with E-state index in [4.69, 9.17) is 18.9 Å². The highest BCUT2D eigenvalue weighted by Crippen LogP contribution is 2.38. The molecule has 0 spiro atoms. The number of rotatable bonds is 12. The quantitative estimate of drug-likeness (QED) is 0.192. The fourth-order valence-corrected chi connectivity index (χ4v) is 5.39. The largest absolute Gasteiger partial charge is 0.493 e. The van der Waals surface area contributed by atoms with Gasteiger partial charge in [0.2, 0.25) is 5.88 Å². The van der Waals surface area contributed by atoms with Gasteiger partial charge < -0.3 is 24.1 Å². The molecule has 234 valence electrons. The van der Waals surface area contributed by atoms with Gasteiger partial charge in [0, 0.05) is 49.9 Å². The third-order valence-electron chi connectivity index (χ3n) is 7.78. The van der Waals surface area contributed by atoms with Crippen molar-refractivity contribution in [2.45, 2.75) is 19.4 Å². The van der Waals surface area contributed by atoms with Crippen molar-refractivity contribution in [3.63, 3.8) is 0 Å². The average Bonchev–Trinajstić information content (AvgIpc) is 3.35. The highest BCUT2D eigenvalue weighted by atomic mass is 19.1. The number of pyridine rings is 1. The number of ether oxygens (including phenoxy) is 4. The summed E-state index contributed by atoms with van der Waals surface area (Å²) in [6.07, 6.45) is 4.40. The zero-order valence-electron chi connectivity index (χ0n) is 25.0. The summed E-state index contributed by atoms with van der Waals surface area (Å²) in [4.78, 5) is 19.9. The van der Waals surface area contributed by atoms with Crippen LogP contribution in [-0.2, 0) is 17.7 Å². The van der Waals surface area contributed by atoms with Crippen molar-refractivity contribution in [1.82, 2.24) is 19.0 Å². The standard InChI is InChI=1S/C34H35FN4O6/c1-42-31-21-26-28(22-32(31)44-17-5-13-37-15-18-43-19-16-37)36-12-10-29(26)45-30-9-8-25(20-27(30)35)39-33(40)23-38(34(39)41)14-11-24-6-3-2-4-7-24/h2-4,6-10,12,20-23,40H,5,11,13-19H2,1H3. The van der Waals surface area contributed by atoms with Crippen LogP contribution in [0.5, 0.6) is 28.9 Å². The van der Waals surface area contributed by atoms with Crippen LogP contribution in [0.3, 0.4) is 0 Å². The van der Waals surface area contributed by atoms with Crippen LogP contribution in [-0.4, -0.2) is 70.7 Å². The SMILES string of the molecule is COc1cc2c(Oc3ccc(-n4c(O)cn(CCc5ccccc5)c4=O)cc3F)ccnc2cc1OCCCN1CCOCC1. The number of fused-ring (bicyclic) bond motifs is 1. The van der Waals surface area contributed by atoms with Gasteiger partial charge in [-0.1, -0.05) is 30.3 Å². The van der Waals surface area contributed by atoms with Crippen molar-refractivity contribution >= 4 is 10.9 Å². The average molecular weight is 615 g/mol. The minimum atomic E-state index is -0.701. The molecule has 45 heavy (non-hydrogen) atoms. The fourth-order valence-electron chi connectivity index (χ4n) is 5.39. The van der Waals surface area contributed by atoms with E-state index in [1.165, 1.54) is 22.9 Å². The van der Waals surface area contributed by atoms with Gasteiger partial charge in [0.05, 0.1) is 44.3 Å². The first kappa shape index (κ1) is 30.2. The Morgan fingerprint density at radius 1 is 0.956 bits per heavy atom. The second-order valence-corrected chi connectivity index (χ2v) is 10.7. The highest BCUT2D eigenvalue weighted by Gasteiger charge is 2.17. The Hall–Kier alpha value is -4.87. The van der Waals surface area contributed by atoms with Crippen LogP contribution in [0, 0.1) is 5.82 Å². The summed E-state index contributed by atoms with van der Waals surface area (Å²) in [5.74, 6) is 0.406. The van der Waals surface area contributed by atoms with Gasteiger partial charge in [-0.05, 0) is 42.7 Å². The molecule has 1 aliphatic heterocycles. The number of aromatic hydroxyl groups is 1. The second kappa shape index (κ2) is 13.8. The molecule has 1 N–H and O–H groups in total. The maximum atomic E-state index is 15.4. The molecule has 0 radical (unpaired) electrons. The van der Waals surface area contributed by atoms with E-state index in [1.54, 1.807) is 31.5 Å². The molecule has 1 aliphatic rings. The molecule has 2 aromatic heterocycles. The molecule has 5 aromatic rings. The van der Waals surface area contributed by atoms with E-state index >= 15 is 4.39 Å². The van der Waals surface area contributed by atoms with Crippen LogP contribution in [0.2, 0.25) is 0 Å². The van der Waals surface area contributed by atoms with Crippen LogP contribution >= 0.6 is 0 Å². The molecule has 6 rings (SSSR count). The minimum Gasteiger partial charge on any atom is -0.493 e. The molecule has 3 aromatic carbocycles. The lowest BCUT2D eigenvalue weighted by atomic mass is 10.1. The molecule has 1 fully saturated rings. The number of aromatic nitrogens is 3. The Morgan fingerprint density at radius 3 is 2.56 bits per heavy atom. The molecule has 0 aliphatic carbocycles. The number of imidazole rings is 1. The van der Waals surface area contributed by atoms with Gasteiger partial charge in [-0.15, -0.1) is 0 Å². The van der Waals surface area contributed by atoms with Crippen LogP contribution in [0.1, 0.15) is 12.0 Å². The van der Waals surface area contributed by atoms with Gasteiger partial charge in [-0.2, -0.15) is 0 Å². The topological polar surface area (TPSA) is 100 Å². The molecule has 11 heteroatoms. The first-order chi connectivity index (χ1) is 22.0. The van der Waals surface area contributed by atoms with Crippen molar-refractivity contribution in [3.8, 4) is 34.6 Å². The van der Waals surface area contributed by atoms with Gasteiger partial charge in [0.25, 0.3) is 0 Å². The van der Waals surface area contributed by atoms with Gasteiger partial charge in [-0.25, -0.2) is 13.8 Å². The zero-order chi connectivity index (χ0) is 31.2. The van der Waals surface area contributed by atoms with E-state index < -0.39 is 11.5 Å². The third-order valence-corrected chi connectivity index (χ3v) is 7.78. The number of methoxy groups -OCH3 is 1. The minimum absolute atomic E-state index is 0.0512. The summed E-state index contributed by atoms with van der Waals surface area (Å²) in [6, 6.07) is 19.0. The van der Waals surface area contributed by atoms with E-state index in [2.05, 4.69) is 9.88 Å². The van der Waals surface area contributed by atoms with Crippen molar-refractivity contribution in [2.75, 3.05) is 46.6 Å². The van der Waals surface area contributed by atoms with Gasteiger partial charge in [-0.3, -0.25) is 14.5 Å². The fraction of sp³-hybridized carbons (Fsp3) is 0.294. The molecule has 0 bridgehead atoms. The summed E-state index contributed by atoms with van der Waals surface area (Å²) in [7, 11) is 1.56. The summed E-state index contributed by atoms with van der Waals surface area (Å²) >= 11 is 0. The molecular weight excluding hydrogens is 579 g/mol. The number of hydrogen-bond acceptors (Lipinski definition) is 8. The number of morpholine rings is 1. The predicted molar refractivity (Wildman–Crippen MR) is 168 cm³/mol. The Bertz CT molecular complexity index is 1820. The molecule has 3 heterocycles. The Morgan fingerprint density at radius 2 is 1.78 bits per heavy atom. The number of aryl methyl sites for hydroxylation is 2. The Balaban J connectivity index is 1.17. The Labute approximate surface area is 259 Å². The third kappa shape index (κ3) is 6.95. The van der Waals surface area contributed by atoms with E-state index in [-0.39, 0.29) is 17.3 Å².